The summed E-state index contributed by atoms with van der Waals surface area (Å²) in [5.74, 6) is 0.0554. The summed E-state index contributed by atoms with van der Waals surface area (Å²) in [6.07, 6.45) is 2.21. The van der Waals surface area contributed by atoms with Gasteiger partial charge in [0.15, 0.2) is 0 Å². The van der Waals surface area contributed by atoms with Crippen molar-refractivity contribution in [1.82, 2.24) is 4.90 Å². The average Bonchev–Trinajstić information content (AvgIpc) is 2.44. The molecular weight excluding hydrogens is 333 g/mol. The molecule has 0 radical (unpaired) electrons. The van der Waals surface area contributed by atoms with Crippen molar-refractivity contribution in [2.45, 2.75) is 51.7 Å². The van der Waals surface area contributed by atoms with Crippen LogP contribution < -0.4 is 0 Å². The number of hydrogen-bond donors (Lipinski definition) is 0. The van der Waals surface area contributed by atoms with E-state index in [1.807, 2.05) is 45.9 Å². The molecule has 0 saturated heterocycles. The van der Waals surface area contributed by atoms with Crippen LogP contribution in [0.1, 0.15) is 45.6 Å². The van der Waals surface area contributed by atoms with E-state index in [1.165, 1.54) is 0 Å². The number of carbonyl (C=O) groups excluding carboxylic acids is 1. The van der Waals surface area contributed by atoms with Gasteiger partial charge >= 0.3 is 6.09 Å². The summed E-state index contributed by atoms with van der Waals surface area (Å²) in [6.45, 7) is 11.4. The quantitative estimate of drug-likeness (QED) is 0.613. The number of hydrogen-bond acceptors (Lipinski definition) is 2. The first-order valence-corrected chi connectivity index (χ1v) is 8.34. The summed E-state index contributed by atoms with van der Waals surface area (Å²) < 4.78 is 5.44. The SMILES string of the molecule is C=CC[C@@H](c1ccc(Cl)c(Cl)c1)C(C)N(C)C(=O)OC(C)(C)C. The van der Waals surface area contributed by atoms with Gasteiger partial charge in [-0.3, -0.25) is 0 Å². The smallest absolute Gasteiger partial charge is 0.410 e. The minimum atomic E-state index is -0.525. The molecule has 5 heteroatoms. The second kappa shape index (κ2) is 8.07. The van der Waals surface area contributed by atoms with Gasteiger partial charge in [0.25, 0.3) is 0 Å². The van der Waals surface area contributed by atoms with Crippen molar-refractivity contribution in [3.05, 3.63) is 46.5 Å². The van der Waals surface area contributed by atoms with E-state index < -0.39 is 5.60 Å². The molecule has 1 amide bonds. The van der Waals surface area contributed by atoms with Gasteiger partial charge in [-0.1, -0.05) is 35.3 Å². The van der Waals surface area contributed by atoms with E-state index in [1.54, 1.807) is 18.0 Å². The number of rotatable bonds is 5. The lowest BCUT2D eigenvalue weighted by atomic mass is 9.89. The molecule has 23 heavy (non-hydrogen) atoms. The van der Waals surface area contributed by atoms with E-state index in [2.05, 4.69) is 6.58 Å². The number of amides is 1. The summed E-state index contributed by atoms with van der Waals surface area (Å²) in [4.78, 5) is 13.9. The van der Waals surface area contributed by atoms with E-state index in [0.717, 1.165) is 5.56 Å². The predicted octanol–water partition coefficient (Wildman–Crippen LogP) is 5.91. The Kier molecular flexibility index (Phi) is 6.97. The molecule has 0 saturated carbocycles. The first-order valence-electron chi connectivity index (χ1n) is 7.58. The fourth-order valence-electron chi connectivity index (χ4n) is 2.30. The zero-order chi connectivity index (χ0) is 17.8. The Morgan fingerprint density at radius 1 is 1.35 bits per heavy atom. The number of likely N-dealkylation sites (N-methyl/N-ethyl adjacent to an activating group) is 1. The Bertz CT molecular complexity index is 567. The summed E-state index contributed by atoms with van der Waals surface area (Å²) in [5.41, 5.74) is 0.491. The number of ether oxygens (including phenoxy) is 1. The third kappa shape index (κ3) is 5.74. The predicted molar refractivity (Wildman–Crippen MR) is 97.5 cm³/mol. The Labute approximate surface area is 149 Å². The largest absolute Gasteiger partial charge is 0.444 e. The summed E-state index contributed by atoms with van der Waals surface area (Å²) in [6, 6.07) is 5.47. The van der Waals surface area contributed by atoms with Crippen molar-refractivity contribution < 1.29 is 9.53 Å². The van der Waals surface area contributed by atoms with Crippen LogP contribution >= 0.6 is 23.2 Å². The molecule has 0 N–H and O–H groups in total. The van der Waals surface area contributed by atoms with Crippen LogP contribution in [0.15, 0.2) is 30.9 Å². The maximum absolute atomic E-state index is 12.3. The molecule has 0 bridgehead atoms. The monoisotopic (exact) mass is 357 g/mol. The van der Waals surface area contributed by atoms with Crippen LogP contribution in [0, 0.1) is 0 Å². The Morgan fingerprint density at radius 2 is 1.96 bits per heavy atom. The highest BCUT2D eigenvalue weighted by atomic mass is 35.5. The van der Waals surface area contributed by atoms with E-state index in [4.69, 9.17) is 27.9 Å². The Hall–Kier alpha value is -1.19. The van der Waals surface area contributed by atoms with Gasteiger partial charge in [0.05, 0.1) is 10.0 Å². The maximum Gasteiger partial charge on any atom is 0.410 e. The zero-order valence-corrected chi connectivity index (χ0v) is 15.9. The lowest BCUT2D eigenvalue weighted by Gasteiger charge is -2.33. The van der Waals surface area contributed by atoms with Crippen molar-refractivity contribution in [3.63, 3.8) is 0 Å². The molecule has 0 aliphatic carbocycles. The van der Waals surface area contributed by atoms with Crippen molar-refractivity contribution in [2.24, 2.45) is 0 Å². The molecule has 1 aromatic carbocycles. The molecule has 0 aliphatic rings. The number of nitrogens with zero attached hydrogens (tertiary/aromatic N) is 1. The van der Waals surface area contributed by atoms with Crippen molar-refractivity contribution in [1.29, 1.82) is 0 Å². The minimum Gasteiger partial charge on any atom is -0.444 e. The molecule has 1 rings (SSSR count). The van der Waals surface area contributed by atoms with E-state index in [9.17, 15) is 4.79 Å². The minimum absolute atomic E-state index is 0.0554. The first-order chi connectivity index (χ1) is 10.6. The van der Waals surface area contributed by atoms with Crippen LogP contribution in [0.25, 0.3) is 0 Å². The van der Waals surface area contributed by atoms with E-state index >= 15 is 0 Å². The van der Waals surface area contributed by atoms with Crippen molar-refractivity contribution in [2.75, 3.05) is 7.05 Å². The molecule has 0 spiro atoms. The fraction of sp³-hybridized carbons (Fsp3) is 0.500. The van der Waals surface area contributed by atoms with Crippen LogP contribution in [0.3, 0.4) is 0 Å². The average molecular weight is 358 g/mol. The fourth-order valence-corrected chi connectivity index (χ4v) is 2.61. The highest BCUT2D eigenvalue weighted by Crippen LogP contribution is 2.32. The van der Waals surface area contributed by atoms with Crippen LogP contribution in [0.4, 0.5) is 4.79 Å². The Morgan fingerprint density at radius 3 is 2.43 bits per heavy atom. The lowest BCUT2D eigenvalue weighted by molar-refractivity contribution is 0.0214. The molecule has 3 nitrogen and oxygen atoms in total. The number of allylic oxidation sites excluding steroid dienone is 1. The third-order valence-electron chi connectivity index (χ3n) is 3.67. The molecule has 1 unspecified atom stereocenters. The molecule has 128 valence electrons. The molecule has 0 aromatic heterocycles. The van der Waals surface area contributed by atoms with Gasteiger partial charge in [-0.15, -0.1) is 6.58 Å². The van der Waals surface area contributed by atoms with Gasteiger partial charge < -0.3 is 9.64 Å². The van der Waals surface area contributed by atoms with Gasteiger partial charge in [0, 0.05) is 19.0 Å². The van der Waals surface area contributed by atoms with Gasteiger partial charge in [-0.25, -0.2) is 4.79 Å². The molecule has 1 aromatic rings. The number of halogens is 2. The first kappa shape index (κ1) is 19.9. The van der Waals surface area contributed by atoms with E-state index in [-0.39, 0.29) is 18.1 Å². The van der Waals surface area contributed by atoms with Crippen molar-refractivity contribution >= 4 is 29.3 Å². The maximum atomic E-state index is 12.3. The highest BCUT2D eigenvalue weighted by molar-refractivity contribution is 6.42. The second-order valence-corrected chi connectivity index (χ2v) is 7.45. The Balaban J connectivity index is 3.01. The van der Waals surface area contributed by atoms with Crippen molar-refractivity contribution in [3.8, 4) is 0 Å². The van der Waals surface area contributed by atoms with Crippen LogP contribution in [0.5, 0.6) is 0 Å². The van der Waals surface area contributed by atoms with Gasteiger partial charge in [0.2, 0.25) is 0 Å². The molecular formula is C18H25Cl2NO2. The lowest BCUT2D eigenvalue weighted by Crippen LogP contribution is -2.42. The normalized spacial score (nSPS) is 14.0. The molecule has 2 atom stereocenters. The topological polar surface area (TPSA) is 29.5 Å². The number of carbonyl (C=O) groups is 1. The molecule has 0 aliphatic heterocycles. The van der Waals surface area contributed by atoms with Gasteiger partial charge in [0.1, 0.15) is 5.60 Å². The van der Waals surface area contributed by atoms with Crippen LogP contribution in [-0.2, 0) is 4.74 Å². The van der Waals surface area contributed by atoms with Crippen LogP contribution in [-0.4, -0.2) is 29.7 Å². The zero-order valence-electron chi connectivity index (χ0n) is 14.4. The number of benzene rings is 1. The second-order valence-electron chi connectivity index (χ2n) is 6.64. The summed E-state index contributed by atoms with van der Waals surface area (Å²) in [5, 5.41) is 1.02. The summed E-state index contributed by atoms with van der Waals surface area (Å²) >= 11 is 12.1. The summed E-state index contributed by atoms with van der Waals surface area (Å²) in [7, 11) is 1.74. The highest BCUT2D eigenvalue weighted by Gasteiger charge is 2.28. The van der Waals surface area contributed by atoms with Gasteiger partial charge in [-0.05, 0) is 51.8 Å². The van der Waals surface area contributed by atoms with E-state index in [0.29, 0.717) is 16.5 Å². The standard InChI is InChI=1S/C18H25Cl2NO2/c1-7-8-14(13-9-10-15(19)16(20)11-13)12(2)21(6)17(22)23-18(3,4)5/h7,9-12,14H,1,8H2,2-6H3/t12?,14-/m1/s1. The molecule has 0 heterocycles. The van der Waals surface area contributed by atoms with Crippen LogP contribution in [0.2, 0.25) is 10.0 Å². The third-order valence-corrected chi connectivity index (χ3v) is 4.41. The van der Waals surface area contributed by atoms with Gasteiger partial charge in [-0.2, -0.15) is 0 Å². The molecule has 0 fully saturated rings.